The first kappa shape index (κ1) is 14.7. The highest BCUT2D eigenvalue weighted by Crippen LogP contribution is 2.40. The van der Waals surface area contributed by atoms with Crippen LogP contribution in [-0.4, -0.2) is 28.9 Å². The molecule has 2 heterocycles. The fourth-order valence-corrected chi connectivity index (χ4v) is 3.38. The molecule has 6 heteroatoms. The molecule has 0 aromatic heterocycles. The Kier molecular flexibility index (Phi) is 3.23. The summed E-state index contributed by atoms with van der Waals surface area (Å²) in [6.07, 6.45) is 0.291. The molecule has 4 rings (SSSR count). The van der Waals surface area contributed by atoms with E-state index in [0.29, 0.717) is 40.1 Å². The minimum Gasteiger partial charge on any atom is -0.374 e. The third kappa shape index (κ3) is 2.17. The third-order valence-corrected chi connectivity index (χ3v) is 4.75. The Morgan fingerprint density at radius 1 is 1.09 bits per heavy atom. The summed E-state index contributed by atoms with van der Waals surface area (Å²) in [5.41, 5.74) is 0.132. The van der Waals surface area contributed by atoms with Crippen LogP contribution in [0.5, 0.6) is 0 Å². The van der Waals surface area contributed by atoms with E-state index in [1.165, 1.54) is 0 Å². The number of hydrogen-bond donors (Lipinski definition) is 1. The van der Waals surface area contributed by atoms with Gasteiger partial charge in [-0.05, 0) is 42.5 Å². The molecule has 0 bridgehead atoms. The summed E-state index contributed by atoms with van der Waals surface area (Å²) in [5.74, 6) is 0.0103. The summed E-state index contributed by atoms with van der Waals surface area (Å²) in [7, 11) is 0. The van der Waals surface area contributed by atoms with E-state index >= 15 is 0 Å². The lowest BCUT2D eigenvalue weighted by Crippen LogP contribution is -2.48. The smallest absolute Gasteiger partial charge is 0.204 e. The van der Waals surface area contributed by atoms with Gasteiger partial charge in [-0.15, -0.1) is 0 Å². The molecule has 2 aliphatic rings. The van der Waals surface area contributed by atoms with E-state index in [9.17, 15) is 9.90 Å². The van der Waals surface area contributed by atoms with Crippen LogP contribution in [-0.2, 0) is 0 Å². The van der Waals surface area contributed by atoms with Crippen LogP contribution in [0.3, 0.4) is 0 Å². The van der Waals surface area contributed by atoms with Crippen LogP contribution < -0.4 is 4.90 Å². The lowest BCUT2D eigenvalue weighted by molar-refractivity contribution is 0.0602. The molecule has 1 atom stereocenters. The molecule has 1 saturated heterocycles. The largest absolute Gasteiger partial charge is 0.374 e. The van der Waals surface area contributed by atoms with Gasteiger partial charge in [-0.25, -0.2) is 4.99 Å². The second-order valence-electron chi connectivity index (χ2n) is 5.66. The minimum absolute atomic E-state index is 0.291. The zero-order valence-corrected chi connectivity index (χ0v) is 13.5. The van der Waals surface area contributed by atoms with E-state index in [1.54, 1.807) is 30.3 Å². The van der Waals surface area contributed by atoms with Crippen LogP contribution in [0.4, 0.5) is 11.4 Å². The van der Waals surface area contributed by atoms with Gasteiger partial charge in [-0.2, -0.15) is 0 Å². The topological polar surface area (TPSA) is 52.9 Å². The average Bonchev–Trinajstić information content (AvgIpc) is 2.88. The van der Waals surface area contributed by atoms with Crippen LogP contribution in [0.25, 0.3) is 0 Å². The molecule has 2 aliphatic heterocycles. The summed E-state index contributed by atoms with van der Waals surface area (Å²) in [4.78, 5) is 19.1. The maximum atomic E-state index is 12.8. The zero-order chi connectivity index (χ0) is 16.2. The number of carbonyl (C=O) groups is 1. The van der Waals surface area contributed by atoms with Gasteiger partial charge in [0.25, 0.3) is 0 Å². The van der Waals surface area contributed by atoms with Gasteiger partial charge in [0.15, 0.2) is 5.60 Å². The number of carbonyl (C=O) groups excluding carboxylic acids is 1. The van der Waals surface area contributed by atoms with E-state index in [1.807, 2.05) is 17.0 Å². The number of aliphatic hydroxyl groups is 1. The van der Waals surface area contributed by atoms with Crippen molar-refractivity contribution in [1.82, 2.24) is 0 Å². The van der Waals surface area contributed by atoms with Gasteiger partial charge in [0, 0.05) is 34.3 Å². The van der Waals surface area contributed by atoms with Crippen molar-refractivity contribution in [2.45, 2.75) is 12.0 Å². The van der Waals surface area contributed by atoms with Crippen molar-refractivity contribution >= 4 is 46.2 Å². The first-order chi connectivity index (χ1) is 11.0. The van der Waals surface area contributed by atoms with Gasteiger partial charge in [-0.1, -0.05) is 23.2 Å². The molecule has 2 aromatic carbocycles. The predicted octanol–water partition coefficient (Wildman–Crippen LogP) is 3.86. The fraction of sp³-hybridized carbons (Fsp3) is 0.176. The molecular formula is C17H12Cl2N2O2. The fourth-order valence-electron chi connectivity index (χ4n) is 3.08. The highest BCUT2D eigenvalue weighted by atomic mass is 35.5. The van der Waals surface area contributed by atoms with E-state index < -0.39 is 5.60 Å². The van der Waals surface area contributed by atoms with Crippen molar-refractivity contribution in [1.29, 1.82) is 0 Å². The number of ketones is 1. The second-order valence-corrected chi connectivity index (χ2v) is 6.54. The number of Topliss-reactive ketones (excluding diaryl/α,β-unsaturated/α-hetero) is 1. The predicted molar refractivity (Wildman–Crippen MR) is 91.2 cm³/mol. The van der Waals surface area contributed by atoms with Gasteiger partial charge in [0.2, 0.25) is 5.78 Å². The number of fused-ring (bicyclic) bond motifs is 2. The molecule has 116 valence electrons. The average molecular weight is 347 g/mol. The molecule has 0 aliphatic carbocycles. The van der Waals surface area contributed by atoms with Crippen LogP contribution in [0.1, 0.15) is 16.8 Å². The number of hydrogen-bond acceptors (Lipinski definition) is 4. The quantitative estimate of drug-likeness (QED) is 0.852. The molecule has 4 nitrogen and oxygen atoms in total. The molecule has 0 unspecified atom stereocenters. The molecule has 1 fully saturated rings. The lowest BCUT2D eigenvalue weighted by atomic mass is 9.88. The molecule has 23 heavy (non-hydrogen) atoms. The van der Waals surface area contributed by atoms with Crippen molar-refractivity contribution < 1.29 is 9.90 Å². The molecule has 0 amide bonds. The first-order valence-corrected chi connectivity index (χ1v) is 7.94. The van der Waals surface area contributed by atoms with Crippen LogP contribution >= 0.6 is 23.2 Å². The second kappa shape index (κ2) is 5.06. The van der Waals surface area contributed by atoms with Crippen molar-refractivity contribution in [3.05, 3.63) is 58.1 Å². The summed E-state index contributed by atoms with van der Waals surface area (Å²) in [5, 5.41) is 12.0. The zero-order valence-electron chi connectivity index (χ0n) is 12.0. The number of rotatable bonds is 1. The Labute approximate surface area is 143 Å². The Balaban J connectivity index is 1.85. The molecule has 1 N–H and O–H groups in total. The molecular weight excluding hydrogens is 335 g/mol. The van der Waals surface area contributed by atoms with Crippen LogP contribution in [0.2, 0.25) is 10.0 Å². The van der Waals surface area contributed by atoms with Crippen LogP contribution in [0, 0.1) is 0 Å². The number of nitrogens with zero attached hydrogens (tertiary/aromatic N) is 2. The van der Waals surface area contributed by atoms with E-state index in [-0.39, 0.29) is 5.78 Å². The van der Waals surface area contributed by atoms with E-state index in [2.05, 4.69) is 4.99 Å². The summed E-state index contributed by atoms with van der Waals surface area (Å²) in [6.45, 7) is 0.504. The van der Waals surface area contributed by atoms with Crippen molar-refractivity contribution in [3.63, 3.8) is 0 Å². The number of anilines is 1. The Morgan fingerprint density at radius 2 is 1.78 bits per heavy atom. The summed E-state index contributed by atoms with van der Waals surface area (Å²) >= 11 is 11.9. The highest BCUT2D eigenvalue weighted by Gasteiger charge is 2.52. The summed E-state index contributed by atoms with van der Waals surface area (Å²) in [6, 6.07) is 12.2. The highest BCUT2D eigenvalue weighted by molar-refractivity contribution is 6.33. The van der Waals surface area contributed by atoms with E-state index in [4.69, 9.17) is 23.2 Å². The Bertz CT molecular complexity index is 848. The monoisotopic (exact) mass is 346 g/mol. The van der Waals surface area contributed by atoms with Crippen LogP contribution in [0.15, 0.2) is 47.5 Å². The Hall–Kier alpha value is -1.88. The van der Waals surface area contributed by atoms with Gasteiger partial charge in [0.1, 0.15) is 5.84 Å². The normalized spacial score (nSPS) is 22.7. The maximum absolute atomic E-state index is 12.8. The minimum atomic E-state index is -1.60. The standard InChI is InChI=1S/C17H12Cl2N2O2/c18-10-1-4-12(5-2-10)21-8-7-17(23)15(22)13-9-11(19)3-6-14(13)20-16(17)21/h1-6,9,23H,7-8H2/t17-/m1/s1. The first-order valence-electron chi connectivity index (χ1n) is 7.18. The molecule has 0 spiro atoms. The van der Waals surface area contributed by atoms with Gasteiger partial charge >= 0.3 is 0 Å². The number of benzene rings is 2. The molecule has 2 aromatic rings. The van der Waals surface area contributed by atoms with Crippen molar-refractivity contribution in [3.8, 4) is 0 Å². The SMILES string of the molecule is O=C1c2cc(Cl)ccc2N=C2N(c3ccc(Cl)cc3)CC[C@@]12O. The van der Waals surface area contributed by atoms with Crippen molar-refractivity contribution in [2.75, 3.05) is 11.4 Å². The number of aliphatic imine (C=N–C) groups is 1. The lowest BCUT2D eigenvalue weighted by Gasteiger charge is -2.29. The number of halogens is 2. The summed E-state index contributed by atoms with van der Waals surface area (Å²) < 4.78 is 0. The molecule has 0 radical (unpaired) electrons. The van der Waals surface area contributed by atoms with Crippen molar-refractivity contribution in [2.24, 2.45) is 4.99 Å². The Morgan fingerprint density at radius 3 is 2.52 bits per heavy atom. The van der Waals surface area contributed by atoms with Gasteiger partial charge in [-0.3, -0.25) is 4.79 Å². The maximum Gasteiger partial charge on any atom is 0.204 e. The van der Waals surface area contributed by atoms with E-state index in [0.717, 1.165) is 5.69 Å². The number of amidine groups is 1. The molecule has 0 saturated carbocycles. The van der Waals surface area contributed by atoms with Gasteiger partial charge < -0.3 is 10.0 Å². The third-order valence-electron chi connectivity index (χ3n) is 4.27. The van der Waals surface area contributed by atoms with Gasteiger partial charge in [0.05, 0.1) is 5.69 Å².